The smallest absolute Gasteiger partial charge is 0.0543 e. The predicted molar refractivity (Wildman–Crippen MR) is 82.7 cm³/mol. The number of likely N-dealkylation sites (tertiary alicyclic amines) is 1. The monoisotopic (exact) mass is 280 g/mol. The van der Waals surface area contributed by atoms with Crippen molar-refractivity contribution in [3.63, 3.8) is 0 Å². The van der Waals surface area contributed by atoms with Crippen molar-refractivity contribution in [2.75, 3.05) is 19.6 Å². The van der Waals surface area contributed by atoms with E-state index in [2.05, 4.69) is 24.1 Å². The lowest BCUT2D eigenvalue weighted by Gasteiger charge is -2.49. The van der Waals surface area contributed by atoms with E-state index in [1.54, 1.807) is 0 Å². The van der Waals surface area contributed by atoms with Crippen molar-refractivity contribution in [3.05, 3.63) is 0 Å². The Balaban J connectivity index is 1.54. The average Bonchev–Trinajstić information content (AvgIpc) is 2.81. The first kappa shape index (κ1) is 14.8. The molecule has 1 heterocycles. The fraction of sp³-hybridized carbons (Fsp3) is 1.00. The number of piperidine rings is 1. The summed E-state index contributed by atoms with van der Waals surface area (Å²) in [7, 11) is 0. The number of nitrogens with zero attached hydrogens (tertiary/aromatic N) is 1. The Morgan fingerprint density at radius 1 is 1.10 bits per heavy atom. The van der Waals surface area contributed by atoms with Gasteiger partial charge in [0.25, 0.3) is 0 Å². The summed E-state index contributed by atoms with van der Waals surface area (Å²) in [5.41, 5.74) is 0. The molecule has 2 N–H and O–H groups in total. The van der Waals surface area contributed by atoms with Crippen molar-refractivity contribution in [2.45, 2.75) is 70.6 Å². The van der Waals surface area contributed by atoms with E-state index in [1.165, 1.54) is 38.8 Å². The average molecular weight is 280 g/mol. The largest absolute Gasteiger partial charge is 0.393 e. The van der Waals surface area contributed by atoms with Crippen LogP contribution in [0.25, 0.3) is 0 Å². The van der Waals surface area contributed by atoms with Crippen molar-refractivity contribution in [1.82, 2.24) is 10.2 Å². The molecule has 0 amide bonds. The van der Waals surface area contributed by atoms with Crippen LogP contribution < -0.4 is 5.32 Å². The Morgan fingerprint density at radius 3 is 2.35 bits per heavy atom. The summed E-state index contributed by atoms with van der Waals surface area (Å²) in [6.45, 7) is 8.39. The highest BCUT2D eigenvalue weighted by molar-refractivity contribution is 4.96. The number of fused-ring (bicyclic) bond motifs is 2. The lowest BCUT2D eigenvalue weighted by Crippen LogP contribution is -2.58. The normalized spacial score (nSPS) is 42.3. The molecule has 116 valence electrons. The third kappa shape index (κ3) is 3.20. The first-order valence-electron chi connectivity index (χ1n) is 8.79. The van der Waals surface area contributed by atoms with Crippen LogP contribution in [0.2, 0.25) is 0 Å². The van der Waals surface area contributed by atoms with Gasteiger partial charge in [-0.25, -0.2) is 0 Å². The molecule has 0 aromatic rings. The third-order valence-corrected chi connectivity index (χ3v) is 5.99. The Hall–Kier alpha value is -0.120. The molecule has 4 unspecified atom stereocenters. The predicted octanol–water partition coefficient (Wildman–Crippen LogP) is 2.25. The Bertz CT molecular complexity index is 306. The van der Waals surface area contributed by atoms with Crippen molar-refractivity contribution in [1.29, 1.82) is 0 Å². The minimum absolute atomic E-state index is 0.0240. The van der Waals surface area contributed by atoms with Crippen LogP contribution in [0.5, 0.6) is 0 Å². The molecule has 3 fully saturated rings. The molecule has 1 aliphatic heterocycles. The number of aliphatic hydroxyl groups excluding tert-OH is 1. The van der Waals surface area contributed by atoms with Crippen LogP contribution in [0.3, 0.4) is 0 Å². The Kier molecular flexibility index (Phi) is 4.68. The molecule has 20 heavy (non-hydrogen) atoms. The van der Waals surface area contributed by atoms with Gasteiger partial charge in [0.1, 0.15) is 0 Å². The highest BCUT2D eigenvalue weighted by Crippen LogP contribution is 2.36. The second-order valence-electron chi connectivity index (χ2n) is 7.77. The van der Waals surface area contributed by atoms with Gasteiger partial charge in [-0.2, -0.15) is 0 Å². The summed E-state index contributed by atoms with van der Waals surface area (Å²) >= 11 is 0. The molecule has 1 saturated heterocycles. The van der Waals surface area contributed by atoms with Gasteiger partial charge in [-0.1, -0.05) is 6.42 Å². The van der Waals surface area contributed by atoms with Gasteiger partial charge < -0.3 is 15.3 Å². The Labute approximate surface area is 124 Å². The van der Waals surface area contributed by atoms with Gasteiger partial charge in [0.05, 0.1) is 6.10 Å². The molecule has 0 radical (unpaired) electrons. The van der Waals surface area contributed by atoms with Gasteiger partial charge in [0, 0.05) is 25.2 Å². The van der Waals surface area contributed by atoms with E-state index in [-0.39, 0.29) is 6.10 Å². The van der Waals surface area contributed by atoms with E-state index in [4.69, 9.17) is 0 Å². The van der Waals surface area contributed by atoms with Crippen molar-refractivity contribution < 1.29 is 5.11 Å². The maximum absolute atomic E-state index is 9.66. The van der Waals surface area contributed by atoms with Gasteiger partial charge in [-0.05, 0) is 70.3 Å². The lowest BCUT2D eigenvalue weighted by molar-refractivity contribution is 0.0280. The molecule has 3 nitrogen and oxygen atoms in total. The van der Waals surface area contributed by atoms with E-state index in [1.807, 2.05) is 0 Å². The molecule has 3 rings (SSSR count). The van der Waals surface area contributed by atoms with Crippen LogP contribution >= 0.6 is 0 Å². The zero-order valence-electron chi connectivity index (χ0n) is 13.2. The molecule has 2 bridgehead atoms. The highest BCUT2D eigenvalue weighted by atomic mass is 16.3. The van der Waals surface area contributed by atoms with Gasteiger partial charge in [-0.3, -0.25) is 0 Å². The minimum Gasteiger partial charge on any atom is -0.393 e. The SMILES string of the molecule is CC(C)N1CC2CCCC(C1)C2NCC1CCC(O)C1. The summed E-state index contributed by atoms with van der Waals surface area (Å²) in [6.07, 6.45) is 7.48. The van der Waals surface area contributed by atoms with Gasteiger partial charge in [0.15, 0.2) is 0 Å². The second-order valence-corrected chi connectivity index (χ2v) is 7.77. The molecule has 0 spiro atoms. The molecule has 3 heteroatoms. The molecule has 4 atom stereocenters. The highest BCUT2D eigenvalue weighted by Gasteiger charge is 2.40. The van der Waals surface area contributed by atoms with Gasteiger partial charge in [0.2, 0.25) is 0 Å². The molecule has 2 saturated carbocycles. The number of nitrogens with one attached hydrogen (secondary N) is 1. The fourth-order valence-corrected chi connectivity index (χ4v) is 4.76. The number of aliphatic hydroxyl groups is 1. The summed E-state index contributed by atoms with van der Waals surface area (Å²) in [5, 5.41) is 13.6. The first-order valence-corrected chi connectivity index (χ1v) is 8.79. The quantitative estimate of drug-likeness (QED) is 0.829. The summed E-state index contributed by atoms with van der Waals surface area (Å²) in [6, 6.07) is 1.44. The molecule has 3 aliphatic rings. The lowest BCUT2D eigenvalue weighted by atomic mass is 9.73. The van der Waals surface area contributed by atoms with Crippen LogP contribution in [-0.2, 0) is 0 Å². The van der Waals surface area contributed by atoms with Crippen molar-refractivity contribution in [3.8, 4) is 0 Å². The third-order valence-electron chi connectivity index (χ3n) is 5.99. The van der Waals surface area contributed by atoms with Crippen LogP contribution in [0.15, 0.2) is 0 Å². The van der Waals surface area contributed by atoms with Crippen molar-refractivity contribution >= 4 is 0 Å². The molecular weight excluding hydrogens is 248 g/mol. The number of hydrogen-bond acceptors (Lipinski definition) is 3. The van der Waals surface area contributed by atoms with Crippen LogP contribution in [0, 0.1) is 17.8 Å². The maximum Gasteiger partial charge on any atom is 0.0543 e. The minimum atomic E-state index is -0.0240. The molecule has 0 aromatic heterocycles. The van der Waals surface area contributed by atoms with E-state index in [0.29, 0.717) is 12.0 Å². The Morgan fingerprint density at radius 2 is 1.80 bits per heavy atom. The van der Waals surface area contributed by atoms with Crippen LogP contribution in [0.1, 0.15) is 52.4 Å². The van der Waals surface area contributed by atoms with Gasteiger partial charge >= 0.3 is 0 Å². The van der Waals surface area contributed by atoms with E-state index >= 15 is 0 Å². The second kappa shape index (κ2) is 6.33. The van der Waals surface area contributed by atoms with E-state index < -0.39 is 0 Å². The van der Waals surface area contributed by atoms with E-state index in [0.717, 1.165) is 37.3 Å². The number of hydrogen-bond donors (Lipinski definition) is 2. The molecular formula is C17H32N2O. The summed E-state index contributed by atoms with van der Waals surface area (Å²) in [5.74, 6) is 2.43. The molecule has 2 aliphatic carbocycles. The first-order chi connectivity index (χ1) is 9.63. The number of rotatable bonds is 4. The van der Waals surface area contributed by atoms with Gasteiger partial charge in [-0.15, -0.1) is 0 Å². The zero-order valence-corrected chi connectivity index (χ0v) is 13.2. The van der Waals surface area contributed by atoms with Crippen LogP contribution in [0.4, 0.5) is 0 Å². The fourth-order valence-electron chi connectivity index (χ4n) is 4.76. The molecule has 0 aromatic carbocycles. The van der Waals surface area contributed by atoms with Crippen molar-refractivity contribution in [2.24, 2.45) is 17.8 Å². The summed E-state index contributed by atoms with van der Waals surface area (Å²) < 4.78 is 0. The zero-order chi connectivity index (χ0) is 14.1. The van der Waals surface area contributed by atoms with Crippen LogP contribution in [-0.4, -0.2) is 47.8 Å². The van der Waals surface area contributed by atoms with E-state index in [9.17, 15) is 5.11 Å². The standard InChI is InChI=1S/C17H32N2O/c1-12(2)19-10-14-4-3-5-15(11-19)17(14)18-9-13-6-7-16(20)8-13/h12-18,20H,3-11H2,1-2H3. The maximum atomic E-state index is 9.66. The summed E-state index contributed by atoms with van der Waals surface area (Å²) in [4.78, 5) is 2.69. The topological polar surface area (TPSA) is 35.5 Å².